The monoisotopic (exact) mass is 505 g/mol. The third kappa shape index (κ3) is 4.24. The smallest absolute Gasteiger partial charge is 0.255 e. The van der Waals surface area contributed by atoms with Crippen LogP contribution in [0.15, 0.2) is 79.1 Å². The predicted molar refractivity (Wildman–Crippen MR) is 145 cm³/mol. The number of H-pyrrole nitrogens is 1. The van der Waals surface area contributed by atoms with E-state index in [2.05, 4.69) is 39.6 Å². The minimum absolute atomic E-state index is 0.136. The van der Waals surface area contributed by atoms with Crippen LogP contribution in [0.1, 0.15) is 39.9 Å². The van der Waals surface area contributed by atoms with Gasteiger partial charge in [-0.1, -0.05) is 48.6 Å². The summed E-state index contributed by atoms with van der Waals surface area (Å²) in [5.41, 5.74) is 11.4. The Balaban J connectivity index is 1.12. The third-order valence-electron chi connectivity index (χ3n) is 7.71. The summed E-state index contributed by atoms with van der Waals surface area (Å²) >= 11 is 0. The zero-order valence-corrected chi connectivity index (χ0v) is 20.7. The standard InChI is InChI=1S/C30H27N5O3/c31-28(37)26-17-30(12-11-20-3-1-2-4-23(20)30)13-14-35(26)27(36)15-19-5-8-22(9-6-19)34-29(38)21-7-10-24-25(16-21)33-18-32-24/h1-12,16,18,26H,13-15,17H2,(H2,31,37)(H,32,33)(H,34,38). The SMILES string of the molecule is NC(=O)C1CC2(C=Cc3ccccc32)CCN1C(=O)Cc1ccc(NC(=O)c2ccc3nc[nH]c3c2)cc1. The van der Waals surface area contributed by atoms with Gasteiger partial charge in [-0.2, -0.15) is 0 Å². The van der Waals surface area contributed by atoms with E-state index < -0.39 is 11.9 Å². The summed E-state index contributed by atoms with van der Waals surface area (Å²) < 4.78 is 0. The molecule has 1 aliphatic heterocycles. The Labute approximate surface area is 219 Å². The number of imidazole rings is 1. The Kier molecular flexibility index (Phi) is 5.79. The minimum Gasteiger partial charge on any atom is -0.368 e. The van der Waals surface area contributed by atoms with Crippen molar-refractivity contribution in [3.8, 4) is 0 Å². The molecule has 3 aromatic carbocycles. The molecule has 1 saturated heterocycles. The first-order chi connectivity index (χ1) is 18.4. The number of carbonyl (C=O) groups is 3. The molecule has 2 aliphatic rings. The minimum atomic E-state index is -0.669. The number of carbonyl (C=O) groups excluding carboxylic acids is 3. The van der Waals surface area contributed by atoms with Crippen LogP contribution >= 0.6 is 0 Å². The lowest BCUT2D eigenvalue weighted by Gasteiger charge is -2.43. The van der Waals surface area contributed by atoms with E-state index in [4.69, 9.17) is 5.73 Å². The highest BCUT2D eigenvalue weighted by atomic mass is 16.2. The molecule has 1 aromatic heterocycles. The van der Waals surface area contributed by atoms with Gasteiger partial charge in [0.15, 0.2) is 0 Å². The summed E-state index contributed by atoms with van der Waals surface area (Å²) in [5.74, 6) is -0.857. The lowest BCUT2D eigenvalue weighted by molar-refractivity contribution is -0.141. The van der Waals surface area contributed by atoms with Crippen LogP contribution in [0.5, 0.6) is 0 Å². The van der Waals surface area contributed by atoms with Gasteiger partial charge in [0.2, 0.25) is 11.8 Å². The number of piperidine rings is 1. The molecule has 8 heteroatoms. The number of primary amides is 1. The van der Waals surface area contributed by atoms with Crippen LogP contribution in [0.4, 0.5) is 5.69 Å². The van der Waals surface area contributed by atoms with Crippen LogP contribution < -0.4 is 11.1 Å². The van der Waals surface area contributed by atoms with Crippen LogP contribution in [0, 0.1) is 0 Å². The van der Waals surface area contributed by atoms with E-state index in [9.17, 15) is 14.4 Å². The number of hydrogen-bond acceptors (Lipinski definition) is 4. The second-order valence-electron chi connectivity index (χ2n) is 10.00. The van der Waals surface area contributed by atoms with Gasteiger partial charge in [-0.15, -0.1) is 0 Å². The number of nitrogens with one attached hydrogen (secondary N) is 2. The highest BCUT2D eigenvalue weighted by Crippen LogP contribution is 2.45. The zero-order valence-electron chi connectivity index (χ0n) is 20.7. The molecule has 1 aliphatic carbocycles. The molecule has 6 rings (SSSR count). The Bertz CT molecular complexity index is 1590. The van der Waals surface area contributed by atoms with Gasteiger partial charge in [0.25, 0.3) is 5.91 Å². The Morgan fingerprint density at radius 1 is 1.08 bits per heavy atom. The summed E-state index contributed by atoms with van der Waals surface area (Å²) in [6, 6.07) is 19.9. The summed E-state index contributed by atoms with van der Waals surface area (Å²) in [5, 5.41) is 2.88. The topological polar surface area (TPSA) is 121 Å². The number of aromatic amines is 1. The molecule has 2 heterocycles. The van der Waals surface area contributed by atoms with Crippen molar-refractivity contribution in [3.05, 3.63) is 101 Å². The molecule has 0 radical (unpaired) electrons. The number of likely N-dealkylation sites (tertiary alicyclic amines) is 1. The number of anilines is 1. The second kappa shape index (κ2) is 9.30. The van der Waals surface area contributed by atoms with Gasteiger partial charge in [-0.25, -0.2) is 4.98 Å². The van der Waals surface area contributed by atoms with Gasteiger partial charge in [-0.3, -0.25) is 14.4 Å². The average molecular weight is 506 g/mol. The normalized spacial score (nSPS) is 20.0. The molecule has 38 heavy (non-hydrogen) atoms. The van der Waals surface area contributed by atoms with Crippen LogP contribution in [0.25, 0.3) is 17.1 Å². The van der Waals surface area contributed by atoms with Crippen LogP contribution in [-0.4, -0.2) is 45.2 Å². The predicted octanol–water partition coefficient (Wildman–Crippen LogP) is 3.80. The van der Waals surface area contributed by atoms with E-state index in [1.165, 1.54) is 5.56 Å². The third-order valence-corrected chi connectivity index (χ3v) is 7.71. The first kappa shape index (κ1) is 23.7. The fraction of sp³-hybridized carbons (Fsp3) is 0.200. The molecule has 0 saturated carbocycles. The molecule has 2 atom stereocenters. The van der Waals surface area contributed by atoms with E-state index in [0.29, 0.717) is 24.2 Å². The fourth-order valence-corrected chi connectivity index (χ4v) is 5.68. The molecule has 8 nitrogen and oxygen atoms in total. The van der Waals surface area contributed by atoms with Crippen molar-refractivity contribution in [1.29, 1.82) is 0 Å². The van der Waals surface area contributed by atoms with Crippen molar-refractivity contribution < 1.29 is 14.4 Å². The summed E-state index contributed by atoms with van der Waals surface area (Å²) in [6.07, 6.45) is 7.22. The molecule has 0 bridgehead atoms. The number of rotatable bonds is 5. The van der Waals surface area contributed by atoms with Gasteiger partial charge < -0.3 is 20.9 Å². The van der Waals surface area contributed by atoms with Crippen LogP contribution in [-0.2, 0) is 21.4 Å². The van der Waals surface area contributed by atoms with E-state index in [-0.39, 0.29) is 23.7 Å². The number of amides is 3. The summed E-state index contributed by atoms with van der Waals surface area (Å²) in [7, 11) is 0. The highest BCUT2D eigenvalue weighted by molar-refractivity contribution is 6.05. The Hall–Kier alpha value is -4.72. The quantitative estimate of drug-likeness (QED) is 0.382. The van der Waals surface area contributed by atoms with Gasteiger partial charge in [0.1, 0.15) is 6.04 Å². The Morgan fingerprint density at radius 3 is 2.71 bits per heavy atom. The van der Waals surface area contributed by atoms with Gasteiger partial charge in [-0.05, 0) is 59.9 Å². The van der Waals surface area contributed by atoms with Gasteiger partial charge in [0, 0.05) is 23.2 Å². The van der Waals surface area contributed by atoms with Gasteiger partial charge >= 0.3 is 0 Å². The van der Waals surface area contributed by atoms with Gasteiger partial charge in [0.05, 0.1) is 23.8 Å². The number of benzene rings is 3. The zero-order chi connectivity index (χ0) is 26.3. The molecule has 4 N–H and O–H groups in total. The summed E-state index contributed by atoms with van der Waals surface area (Å²) in [6.45, 7) is 0.458. The van der Waals surface area contributed by atoms with Crippen LogP contribution in [0.3, 0.4) is 0 Å². The van der Waals surface area contributed by atoms with E-state index in [0.717, 1.165) is 28.6 Å². The first-order valence-corrected chi connectivity index (χ1v) is 12.6. The molecule has 190 valence electrons. The maximum Gasteiger partial charge on any atom is 0.255 e. The van der Waals surface area contributed by atoms with E-state index >= 15 is 0 Å². The largest absolute Gasteiger partial charge is 0.368 e. The molecule has 3 amide bonds. The molecule has 2 unspecified atom stereocenters. The number of nitrogens with two attached hydrogens (primary N) is 1. The number of fused-ring (bicyclic) bond motifs is 3. The lowest BCUT2D eigenvalue weighted by atomic mass is 9.71. The number of allylic oxidation sites excluding steroid dienone is 1. The number of hydrogen-bond donors (Lipinski definition) is 3. The van der Waals surface area contributed by atoms with Crippen molar-refractivity contribution in [2.45, 2.75) is 30.7 Å². The fourth-order valence-electron chi connectivity index (χ4n) is 5.68. The average Bonchev–Trinajstić information content (AvgIpc) is 3.54. The van der Waals surface area contributed by atoms with E-state index in [1.807, 2.05) is 24.3 Å². The molecule has 4 aromatic rings. The van der Waals surface area contributed by atoms with Crippen molar-refractivity contribution in [2.24, 2.45) is 5.73 Å². The van der Waals surface area contributed by atoms with Crippen molar-refractivity contribution in [1.82, 2.24) is 14.9 Å². The van der Waals surface area contributed by atoms with Crippen molar-refractivity contribution in [2.75, 3.05) is 11.9 Å². The molecule has 1 fully saturated rings. The maximum absolute atomic E-state index is 13.3. The van der Waals surface area contributed by atoms with Crippen molar-refractivity contribution in [3.63, 3.8) is 0 Å². The maximum atomic E-state index is 13.3. The highest BCUT2D eigenvalue weighted by Gasteiger charge is 2.45. The Morgan fingerprint density at radius 2 is 1.89 bits per heavy atom. The second-order valence-corrected chi connectivity index (χ2v) is 10.00. The molecular weight excluding hydrogens is 478 g/mol. The van der Waals surface area contributed by atoms with Crippen molar-refractivity contribution >= 4 is 40.5 Å². The summed E-state index contributed by atoms with van der Waals surface area (Å²) in [4.78, 5) is 47.2. The van der Waals surface area contributed by atoms with Crippen LogP contribution in [0.2, 0.25) is 0 Å². The molecular formula is C30H27N5O3. The lowest BCUT2D eigenvalue weighted by Crippen LogP contribution is -2.56. The van der Waals surface area contributed by atoms with E-state index in [1.54, 1.807) is 41.6 Å². The first-order valence-electron chi connectivity index (χ1n) is 12.6. The number of aromatic nitrogens is 2. The molecule has 1 spiro atoms. The number of nitrogens with zero attached hydrogens (tertiary/aromatic N) is 2.